The largest absolute Gasteiger partial charge is 0.508 e. The minimum Gasteiger partial charge on any atom is -0.508 e. The van der Waals surface area contributed by atoms with Crippen molar-refractivity contribution in [3.8, 4) is 40.3 Å². The number of fused-ring (bicyclic) bond motifs is 2. The van der Waals surface area contributed by atoms with Gasteiger partial charge in [0, 0.05) is 87.4 Å². The Morgan fingerprint density at radius 1 is 0.831 bits per heavy atom. The van der Waals surface area contributed by atoms with Gasteiger partial charge in [0.05, 0.1) is 23.5 Å². The van der Waals surface area contributed by atoms with Crippen molar-refractivity contribution in [1.82, 2.24) is 34.9 Å². The van der Waals surface area contributed by atoms with Crippen molar-refractivity contribution < 1.29 is 30.0 Å². The summed E-state index contributed by atoms with van der Waals surface area (Å²) >= 11 is 0. The van der Waals surface area contributed by atoms with E-state index in [1.54, 1.807) is 37.3 Å². The number of piperazine rings is 1. The lowest BCUT2D eigenvalue weighted by atomic mass is 10.0. The van der Waals surface area contributed by atoms with Gasteiger partial charge >= 0.3 is 6.01 Å². The average molecular weight is 799 g/mol. The number of carbonyl (C=O) groups excluding carboxylic acids is 2. The van der Waals surface area contributed by atoms with Crippen LogP contribution in [0.2, 0.25) is 0 Å². The molecule has 16 nitrogen and oxygen atoms in total. The Kier molecular flexibility index (Phi) is 10.8. The van der Waals surface area contributed by atoms with Gasteiger partial charge < -0.3 is 45.8 Å². The lowest BCUT2D eigenvalue weighted by molar-refractivity contribution is -0.131. The SMILES string of the molecule is CCC(=O)N1CCN(c2nc(NCCC(=O)NCc3ccc(-n4c(O)nnc4-c4cc(C)c(O)cc4O)cc3)nc3c2CCN(c2cc(O)cc4ccccc24)C3)CC1. The quantitative estimate of drug-likeness (QED) is 0.105. The van der Waals surface area contributed by atoms with Gasteiger partial charge in [-0.3, -0.25) is 9.59 Å². The Labute approximate surface area is 340 Å². The van der Waals surface area contributed by atoms with Crippen LogP contribution in [-0.4, -0.2) is 101 Å². The number of aromatic hydroxyl groups is 4. The molecule has 8 rings (SSSR count). The molecule has 0 spiro atoms. The number of nitrogens with zero attached hydrogens (tertiary/aromatic N) is 8. The number of aryl methyl sites for hydroxylation is 1. The Morgan fingerprint density at radius 3 is 2.39 bits per heavy atom. The van der Waals surface area contributed by atoms with E-state index < -0.39 is 0 Å². The van der Waals surface area contributed by atoms with Gasteiger partial charge in [-0.25, -0.2) is 9.55 Å². The number of amides is 2. The van der Waals surface area contributed by atoms with Crippen molar-refractivity contribution in [3.63, 3.8) is 0 Å². The first-order valence-electron chi connectivity index (χ1n) is 19.7. The second-order valence-corrected chi connectivity index (χ2v) is 14.8. The van der Waals surface area contributed by atoms with Crippen LogP contribution < -0.4 is 20.4 Å². The summed E-state index contributed by atoms with van der Waals surface area (Å²) in [6.45, 7) is 7.90. The molecule has 16 heteroatoms. The summed E-state index contributed by atoms with van der Waals surface area (Å²) in [6.07, 6.45) is 1.35. The van der Waals surface area contributed by atoms with Gasteiger partial charge in [-0.2, -0.15) is 4.98 Å². The van der Waals surface area contributed by atoms with Crippen LogP contribution in [0.5, 0.6) is 23.3 Å². The molecular formula is C43H46N10O6. The van der Waals surface area contributed by atoms with E-state index in [0.29, 0.717) is 74.9 Å². The van der Waals surface area contributed by atoms with E-state index in [0.717, 1.165) is 45.6 Å². The molecule has 1 fully saturated rings. The van der Waals surface area contributed by atoms with Crippen molar-refractivity contribution in [2.45, 2.75) is 46.2 Å². The fourth-order valence-electron chi connectivity index (χ4n) is 7.78. The van der Waals surface area contributed by atoms with E-state index in [1.165, 1.54) is 10.6 Å². The molecular weight excluding hydrogens is 753 g/mol. The molecule has 1 saturated heterocycles. The van der Waals surface area contributed by atoms with Gasteiger partial charge in [-0.15, -0.1) is 5.10 Å². The number of aromatic nitrogens is 5. The molecule has 2 aliphatic heterocycles. The zero-order valence-electron chi connectivity index (χ0n) is 32.9. The number of nitrogens with one attached hydrogen (secondary N) is 2. The Balaban J connectivity index is 0.937. The summed E-state index contributed by atoms with van der Waals surface area (Å²) < 4.78 is 1.38. The highest BCUT2D eigenvalue weighted by atomic mass is 16.3. The van der Waals surface area contributed by atoms with Crippen LogP contribution in [0.1, 0.15) is 42.1 Å². The fourth-order valence-corrected chi connectivity index (χ4v) is 7.78. The van der Waals surface area contributed by atoms with Gasteiger partial charge in [0.2, 0.25) is 17.8 Å². The monoisotopic (exact) mass is 798 g/mol. The standard InChI is InChI=1S/C43H46N10O6/c1-3-39(58)50-16-18-51(19-17-50)40-32-13-15-52(35-22-30(54)21-28-6-4-5-7-31(28)35)25-34(32)46-42(47-40)44-14-12-38(57)45-24-27-8-10-29(11-9-27)53-41(48-49-43(53)59)33-20-26(2)36(55)23-37(33)56/h4-11,20-23,54-56H,3,12-19,24-25H2,1-2H3,(H,45,57)(H,49,59)(H,44,46,47). The molecule has 0 bridgehead atoms. The van der Waals surface area contributed by atoms with Crippen LogP contribution in [0.25, 0.3) is 27.8 Å². The van der Waals surface area contributed by atoms with Crippen LogP contribution in [-0.2, 0) is 29.1 Å². The topological polar surface area (TPSA) is 205 Å². The third kappa shape index (κ3) is 8.06. The molecule has 0 saturated carbocycles. The predicted molar refractivity (Wildman–Crippen MR) is 223 cm³/mol. The minimum atomic E-state index is -0.373. The lowest BCUT2D eigenvalue weighted by Gasteiger charge is -2.38. The van der Waals surface area contributed by atoms with E-state index in [9.17, 15) is 30.0 Å². The summed E-state index contributed by atoms with van der Waals surface area (Å²) in [5.74, 6) is 1.36. The van der Waals surface area contributed by atoms with Crippen molar-refractivity contribution >= 4 is 40.0 Å². The van der Waals surface area contributed by atoms with Gasteiger partial charge in [0.1, 0.15) is 23.1 Å². The van der Waals surface area contributed by atoms with E-state index in [4.69, 9.17) is 9.97 Å². The normalized spacial score (nSPS) is 14.0. The van der Waals surface area contributed by atoms with Crippen LogP contribution in [0.3, 0.4) is 0 Å². The van der Waals surface area contributed by atoms with Crippen LogP contribution in [0.15, 0.2) is 72.8 Å². The molecule has 0 unspecified atom stereocenters. The number of phenols is 3. The zero-order chi connectivity index (χ0) is 41.2. The number of phenolic OH excluding ortho intramolecular Hbond substituents is 3. The number of hydrogen-bond acceptors (Lipinski definition) is 13. The highest BCUT2D eigenvalue weighted by molar-refractivity contribution is 5.95. The van der Waals surface area contributed by atoms with Crippen molar-refractivity contribution in [1.29, 1.82) is 0 Å². The molecule has 6 N–H and O–H groups in total. The minimum absolute atomic E-state index is 0.0649. The van der Waals surface area contributed by atoms with E-state index in [2.05, 4.69) is 36.7 Å². The Hall–Kier alpha value is -7.10. The fraction of sp³-hybridized carbons (Fsp3) is 0.302. The second-order valence-electron chi connectivity index (χ2n) is 14.8. The van der Waals surface area contributed by atoms with Crippen molar-refractivity contribution in [2.75, 3.05) is 54.4 Å². The zero-order valence-corrected chi connectivity index (χ0v) is 32.9. The maximum Gasteiger partial charge on any atom is 0.319 e. The number of anilines is 3. The molecule has 2 aliphatic rings. The Morgan fingerprint density at radius 2 is 1.61 bits per heavy atom. The van der Waals surface area contributed by atoms with Gasteiger partial charge in [-0.1, -0.05) is 48.4 Å². The molecule has 4 heterocycles. The third-order valence-electron chi connectivity index (χ3n) is 11.0. The molecule has 0 atom stereocenters. The predicted octanol–water partition coefficient (Wildman–Crippen LogP) is 4.75. The van der Waals surface area contributed by atoms with Gasteiger partial charge in [0.25, 0.3) is 0 Å². The summed E-state index contributed by atoms with van der Waals surface area (Å²) in [5, 5.41) is 57.6. The number of benzene rings is 4. The molecule has 59 heavy (non-hydrogen) atoms. The molecule has 304 valence electrons. The number of hydrogen-bond donors (Lipinski definition) is 6. The van der Waals surface area contributed by atoms with Gasteiger partial charge in [-0.05, 0) is 54.1 Å². The highest BCUT2D eigenvalue weighted by Gasteiger charge is 2.29. The maximum absolute atomic E-state index is 13.0. The van der Waals surface area contributed by atoms with Crippen LogP contribution >= 0.6 is 0 Å². The van der Waals surface area contributed by atoms with E-state index in [1.807, 2.05) is 42.2 Å². The summed E-state index contributed by atoms with van der Waals surface area (Å²) in [5.41, 5.74) is 5.05. The van der Waals surface area contributed by atoms with Crippen LogP contribution in [0, 0.1) is 6.92 Å². The molecule has 0 aliphatic carbocycles. The van der Waals surface area contributed by atoms with E-state index in [-0.39, 0.29) is 53.9 Å². The third-order valence-corrected chi connectivity index (χ3v) is 11.0. The summed E-state index contributed by atoms with van der Waals surface area (Å²) in [4.78, 5) is 41.8. The maximum atomic E-state index is 13.0. The summed E-state index contributed by atoms with van der Waals surface area (Å²) in [6, 6.07) is 21.1. The first-order valence-corrected chi connectivity index (χ1v) is 19.7. The van der Waals surface area contributed by atoms with Crippen molar-refractivity contribution in [2.24, 2.45) is 0 Å². The first kappa shape index (κ1) is 38.8. The summed E-state index contributed by atoms with van der Waals surface area (Å²) in [7, 11) is 0. The average Bonchev–Trinajstić information content (AvgIpc) is 3.63. The molecule has 2 aromatic heterocycles. The number of carbonyl (C=O) groups is 2. The van der Waals surface area contributed by atoms with Crippen LogP contribution in [0.4, 0.5) is 17.5 Å². The second kappa shape index (κ2) is 16.4. The highest BCUT2D eigenvalue weighted by Crippen LogP contribution is 2.38. The molecule has 6 aromatic rings. The lowest BCUT2D eigenvalue weighted by Crippen LogP contribution is -2.49. The number of rotatable bonds is 11. The Bertz CT molecular complexity index is 2530. The molecule has 2 amide bonds. The molecule has 0 radical (unpaired) electrons. The van der Waals surface area contributed by atoms with Crippen molar-refractivity contribution in [3.05, 3.63) is 95.2 Å². The first-order chi connectivity index (χ1) is 28.6. The van der Waals surface area contributed by atoms with E-state index >= 15 is 0 Å². The van der Waals surface area contributed by atoms with Gasteiger partial charge in [0.15, 0.2) is 5.82 Å². The molecule has 4 aromatic carbocycles. The smallest absolute Gasteiger partial charge is 0.319 e.